The summed E-state index contributed by atoms with van der Waals surface area (Å²) in [6.45, 7) is 4.05. The highest BCUT2D eigenvalue weighted by atomic mass is 16.2. The maximum atomic E-state index is 11.9. The van der Waals surface area contributed by atoms with Gasteiger partial charge in [-0.15, -0.1) is 0 Å². The van der Waals surface area contributed by atoms with Crippen molar-refractivity contribution in [3.63, 3.8) is 0 Å². The van der Waals surface area contributed by atoms with E-state index < -0.39 is 0 Å². The number of carbonyl (C=O) groups is 2. The number of piperidine rings is 1. The zero-order chi connectivity index (χ0) is 12.6. The van der Waals surface area contributed by atoms with Gasteiger partial charge in [-0.05, 0) is 5.41 Å². The molecule has 2 heterocycles. The van der Waals surface area contributed by atoms with E-state index in [0.29, 0.717) is 24.2 Å². The second-order valence-corrected chi connectivity index (χ2v) is 5.20. The number of nitrogens with zero attached hydrogens (tertiary/aromatic N) is 2. The minimum Gasteiger partial charge on any atom is -0.384 e. The topological polar surface area (TPSA) is 92.1 Å². The summed E-state index contributed by atoms with van der Waals surface area (Å²) in [7, 11) is 0. The molecule has 0 spiro atoms. The molecule has 0 radical (unpaired) electrons. The van der Waals surface area contributed by atoms with Crippen molar-refractivity contribution in [2.24, 2.45) is 5.41 Å². The number of hydrogen-bond acceptors (Lipinski definition) is 4. The molecule has 0 aromatic carbocycles. The minimum atomic E-state index is -0.243. The van der Waals surface area contributed by atoms with Crippen LogP contribution in [-0.4, -0.2) is 26.9 Å². The van der Waals surface area contributed by atoms with E-state index in [2.05, 4.69) is 10.2 Å². The lowest BCUT2D eigenvalue weighted by Crippen LogP contribution is -2.45. The van der Waals surface area contributed by atoms with Gasteiger partial charge >= 0.3 is 0 Å². The summed E-state index contributed by atoms with van der Waals surface area (Å²) in [5.74, 6) is 0.106. The Bertz CT molecular complexity index is 444. The number of nitrogens with two attached hydrogens (primary N) is 1. The van der Waals surface area contributed by atoms with E-state index in [4.69, 9.17) is 5.73 Å². The number of nitrogens with one attached hydrogen (secondary N) is 1. The molecule has 1 fully saturated rings. The van der Waals surface area contributed by atoms with Gasteiger partial charge in [-0.25, -0.2) is 0 Å². The average molecular weight is 236 g/mol. The standard InChI is InChI=1S/C11H16N4O2/c1-11(2)3-8(16)15(9(17)4-11)6-7-5-13-14-10(7)12/h5H,3-4,6H2,1-2H3,(H3,12,13,14). The molecule has 2 amide bonds. The van der Waals surface area contributed by atoms with Gasteiger partial charge in [0.05, 0.1) is 12.7 Å². The third kappa shape index (κ3) is 2.30. The fourth-order valence-corrected chi connectivity index (χ4v) is 2.00. The van der Waals surface area contributed by atoms with E-state index in [9.17, 15) is 9.59 Å². The van der Waals surface area contributed by atoms with Crippen LogP contribution in [0.1, 0.15) is 32.3 Å². The molecule has 1 saturated heterocycles. The zero-order valence-corrected chi connectivity index (χ0v) is 9.99. The Morgan fingerprint density at radius 3 is 2.47 bits per heavy atom. The van der Waals surface area contributed by atoms with Gasteiger partial charge in [0.2, 0.25) is 11.8 Å². The van der Waals surface area contributed by atoms with Crippen LogP contribution in [0.5, 0.6) is 0 Å². The number of hydrogen-bond donors (Lipinski definition) is 2. The summed E-state index contributed by atoms with van der Waals surface area (Å²) in [6, 6.07) is 0. The smallest absolute Gasteiger partial charge is 0.230 e. The molecule has 0 atom stereocenters. The lowest BCUT2D eigenvalue weighted by molar-refractivity contribution is -0.153. The number of H-pyrrole nitrogens is 1. The Morgan fingerprint density at radius 1 is 1.41 bits per heavy atom. The van der Waals surface area contributed by atoms with E-state index >= 15 is 0 Å². The quantitative estimate of drug-likeness (QED) is 0.738. The van der Waals surface area contributed by atoms with E-state index in [1.807, 2.05) is 13.8 Å². The second-order valence-electron chi connectivity index (χ2n) is 5.20. The molecule has 0 unspecified atom stereocenters. The van der Waals surface area contributed by atoms with Crippen molar-refractivity contribution in [2.45, 2.75) is 33.2 Å². The average Bonchev–Trinajstić information content (AvgIpc) is 2.56. The molecular formula is C11H16N4O2. The first kappa shape index (κ1) is 11.6. The lowest BCUT2D eigenvalue weighted by atomic mass is 9.81. The predicted molar refractivity (Wildman–Crippen MR) is 61.6 cm³/mol. The number of likely N-dealkylation sites (tertiary alicyclic amines) is 1. The van der Waals surface area contributed by atoms with Crippen LogP contribution >= 0.6 is 0 Å². The van der Waals surface area contributed by atoms with Crippen LogP contribution in [0.3, 0.4) is 0 Å². The van der Waals surface area contributed by atoms with Gasteiger partial charge in [-0.3, -0.25) is 19.6 Å². The molecule has 0 aliphatic carbocycles. The first-order valence-electron chi connectivity index (χ1n) is 5.50. The third-order valence-electron chi connectivity index (χ3n) is 2.94. The molecule has 2 rings (SSSR count). The van der Waals surface area contributed by atoms with Crippen molar-refractivity contribution in [3.05, 3.63) is 11.8 Å². The molecule has 17 heavy (non-hydrogen) atoms. The fraction of sp³-hybridized carbons (Fsp3) is 0.545. The number of nitrogen functional groups attached to an aromatic ring is 1. The number of rotatable bonds is 2. The molecule has 0 bridgehead atoms. The largest absolute Gasteiger partial charge is 0.384 e. The molecule has 92 valence electrons. The number of imide groups is 1. The maximum Gasteiger partial charge on any atom is 0.230 e. The van der Waals surface area contributed by atoms with Gasteiger partial charge in [0.1, 0.15) is 5.82 Å². The van der Waals surface area contributed by atoms with Crippen LogP contribution in [0.2, 0.25) is 0 Å². The highest BCUT2D eigenvalue weighted by molar-refractivity contribution is 5.98. The van der Waals surface area contributed by atoms with E-state index in [-0.39, 0.29) is 23.8 Å². The van der Waals surface area contributed by atoms with Crippen molar-refractivity contribution in [1.82, 2.24) is 15.1 Å². The monoisotopic (exact) mass is 236 g/mol. The van der Waals surface area contributed by atoms with Crippen LogP contribution < -0.4 is 5.73 Å². The van der Waals surface area contributed by atoms with Crippen LogP contribution in [0.15, 0.2) is 6.20 Å². The molecule has 1 aliphatic heterocycles. The highest BCUT2D eigenvalue weighted by Gasteiger charge is 2.37. The van der Waals surface area contributed by atoms with Gasteiger partial charge in [0.15, 0.2) is 0 Å². The first-order chi connectivity index (χ1) is 7.89. The summed E-state index contributed by atoms with van der Waals surface area (Å²) in [5.41, 5.74) is 6.06. The van der Waals surface area contributed by atoms with Crippen LogP contribution in [0.25, 0.3) is 0 Å². The Hall–Kier alpha value is -1.85. The van der Waals surface area contributed by atoms with E-state index in [1.165, 1.54) is 11.1 Å². The van der Waals surface area contributed by atoms with Gasteiger partial charge in [-0.1, -0.05) is 13.8 Å². The van der Waals surface area contributed by atoms with Crippen molar-refractivity contribution < 1.29 is 9.59 Å². The number of aromatic amines is 1. The Balaban J connectivity index is 2.15. The minimum absolute atomic E-state index is 0.146. The summed E-state index contributed by atoms with van der Waals surface area (Å²) in [6.07, 6.45) is 2.31. The van der Waals surface area contributed by atoms with Crippen LogP contribution in [0.4, 0.5) is 5.82 Å². The molecule has 1 aliphatic rings. The molecule has 1 aromatic rings. The van der Waals surface area contributed by atoms with Gasteiger partial charge in [-0.2, -0.15) is 5.10 Å². The summed E-state index contributed by atoms with van der Waals surface area (Å²) in [5, 5.41) is 6.35. The van der Waals surface area contributed by atoms with Gasteiger partial charge in [0.25, 0.3) is 0 Å². The summed E-state index contributed by atoms with van der Waals surface area (Å²) < 4.78 is 0. The highest BCUT2D eigenvalue weighted by Crippen LogP contribution is 2.32. The SMILES string of the molecule is CC1(C)CC(=O)N(Cc2cn[nH]c2N)C(=O)C1. The molecule has 1 aromatic heterocycles. The second kappa shape index (κ2) is 3.87. The van der Waals surface area contributed by atoms with Crippen molar-refractivity contribution in [3.8, 4) is 0 Å². The van der Waals surface area contributed by atoms with E-state index in [1.54, 1.807) is 0 Å². The molecule has 6 nitrogen and oxygen atoms in total. The molecule has 3 N–H and O–H groups in total. The number of aromatic nitrogens is 2. The zero-order valence-electron chi connectivity index (χ0n) is 9.99. The van der Waals surface area contributed by atoms with Crippen LogP contribution in [-0.2, 0) is 16.1 Å². The molecular weight excluding hydrogens is 220 g/mol. The summed E-state index contributed by atoms with van der Waals surface area (Å²) >= 11 is 0. The third-order valence-corrected chi connectivity index (χ3v) is 2.94. The molecule has 0 saturated carbocycles. The Morgan fingerprint density at radius 2 is 2.00 bits per heavy atom. The lowest BCUT2D eigenvalue weighted by Gasteiger charge is -2.34. The number of amides is 2. The van der Waals surface area contributed by atoms with Crippen molar-refractivity contribution >= 4 is 17.6 Å². The molecule has 6 heteroatoms. The van der Waals surface area contributed by atoms with Crippen molar-refractivity contribution in [1.29, 1.82) is 0 Å². The summed E-state index contributed by atoms with van der Waals surface area (Å²) in [4.78, 5) is 25.0. The normalized spacial score (nSPS) is 19.8. The first-order valence-corrected chi connectivity index (χ1v) is 5.50. The van der Waals surface area contributed by atoms with Crippen LogP contribution in [0, 0.1) is 5.41 Å². The predicted octanol–water partition coefficient (Wildman–Crippen LogP) is 0.667. The Labute approximate surface area is 99.2 Å². The fourth-order valence-electron chi connectivity index (χ4n) is 2.00. The van der Waals surface area contributed by atoms with Gasteiger partial charge in [0, 0.05) is 18.4 Å². The number of carbonyl (C=O) groups excluding carboxylic acids is 2. The van der Waals surface area contributed by atoms with Gasteiger partial charge < -0.3 is 5.73 Å². The maximum absolute atomic E-state index is 11.9. The van der Waals surface area contributed by atoms with E-state index in [0.717, 1.165) is 0 Å². The van der Waals surface area contributed by atoms with Crippen molar-refractivity contribution in [2.75, 3.05) is 5.73 Å². The number of anilines is 1. The Kier molecular flexibility index (Phi) is 2.65.